The van der Waals surface area contributed by atoms with Crippen LogP contribution >= 0.6 is 9.24 Å². The Morgan fingerprint density at radius 3 is 2.11 bits per heavy atom. The quantitative estimate of drug-likeness (QED) is 0.417. The van der Waals surface area contributed by atoms with E-state index in [2.05, 4.69) is 27.4 Å². The Morgan fingerprint density at radius 2 is 1.67 bits per heavy atom. The summed E-state index contributed by atoms with van der Waals surface area (Å²) in [7, 11) is 2.85. The molecule has 1 saturated carbocycles. The van der Waals surface area contributed by atoms with Crippen LogP contribution in [0.3, 0.4) is 0 Å². The molecule has 0 heterocycles. The van der Waals surface area contributed by atoms with Crippen molar-refractivity contribution in [2.24, 2.45) is 0 Å². The first-order valence-corrected chi connectivity index (χ1v) is 7.13. The first kappa shape index (κ1) is 15.7. The van der Waals surface area contributed by atoms with Gasteiger partial charge in [-0.1, -0.05) is 38.0 Å². The minimum Gasteiger partial charge on any atom is -0.214 e. The topological polar surface area (TPSA) is 0 Å². The largest absolute Gasteiger partial charge is 2.00 e. The predicted molar refractivity (Wildman–Crippen MR) is 79.2 cm³/mol. The zero-order valence-corrected chi connectivity index (χ0v) is 12.9. The van der Waals surface area contributed by atoms with Crippen molar-refractivity contribution < 1.29 is 17.1 Å². The van der Waals surface area contributed by atoms with Crippen LogP contribution < -0.4 is 5.30 Å². The Balaban J connectivity index is 0.000000230. The Labute approximate surface area is 124 Å². The van der Waals surface area contributed by atoms with Gasteiger partial charge in [0, 0.05) is 0 Å². The fourth-order valence-electron chi connectivity index (χ4n) is 2.55. The third-order valence-electron chi connectivity index (χ3n) is 3.49. The molecular formula is C16H21FeP. The van der Waals surface area contributed by atoms with Crippen LogP contribution in [0, 0.1) is 0 Å². The standard InChI is InChI=1S/C11H16P.C5H5.Fe/c12-11-8-4-7-10(11)9-5-2-1-3-6-9;1-2-4-5-3-1;/h4,7-9H,1-3,5-6,12H2;1-5H;/q2*-1;+2. The molecule has 0 nitrogen and oxygen atoms in total. The van der Waals surface area contributed by atoms with Gasteiger partial charge >= 0.3 is 17.1 Å². The maximum atomic E-state index is 2.85. The van der Waals surface area contributed by atoms with Crippen molar-refractivity contribution in [2.75, 3.05) is 0 Å². The van der Waals surface area contributed by atoms with Crippen LogP contribution in [-0.2, 0) is 17.1 Å². The van der Waals surface area contributed by atoms with Gasteiger partial charge < -0.3 is 0 Å². The molecule has 2 heteroatoms. The molecule has 0 radical (unpaired) electrons. The molecule has 0 bridgehead atoms. The van der Waals surface area contributed by atoms with Gasteiger partial charge in [0.2, 0.25) is 0 Å². The number of hydrogen-bond acceptors (Lipinski definition) is 0. The Morgan fingerprint density at radius 1 is 1.00 bits per heavy atom. The maximum absolute atomic E-state index is 2.85. The van der Waals surface area contributed by atoms with Crippen LogP contribution in [0.1, 0.15) is 43.6 Å². The van der Waals surface area contributed by atoms with E-state index in [4.69, 9.17) is 0 Å². The molecule has 1 unspecified atom stereocenters. The minimum atomic E-state index is 0. The second-order valence-corrected chi connectivity index (χ2v) is 5.36. The van der Waals surface area contributed by atoms with Crippen LogP contribution in [0.5, 0.6) is 0 Å². The zero-order valence-electron chi connectivity index (χ0n) is 10.7. The minimum absolute atomic E-state index is 0. The first-order chi connectivity index (χ1) is 8.38. The SMILES string of the molecule is Pc1[cH-]ccc1C1CCCCC1.[Fe+2].c1cc[cH-]c1. The molecule has 1 fully saturated rings. The average molecular weight is 300 g/mol. The van der Waals surface area contributed by atoms with E-state index in [1.54, 1.807) is 5.56 Å². The Bertz CT molecular complexity index is 379. The van der Waals surface area contributed by atoms with E-state index in [9.17, 15) is 0 Å². The molecule has 0 saturated heterocycles. The van der Waals surface area contributed by atoms with Gasteiger partial charge in [0.15, 0.2) is 0 Å². The van der Waals surface area contributed by atoms with Gasteiger partial charge in [-0.3, -0.25) is 0 Å². The molecule has 1 atom stereocenters. The van der Waals surface area contributed by atoms with Crippen molar-refractivity contribution in [1.29, 1.82) is 0 Å². The van der Waals surface area contributed by atoms with E-state index in [1.165, 1.54) is 37.4 Å². The maximum Gasteiger partial charge on any atom is 2.00 e. The third-order valence-corrected chi connectivity index (χ3v) is 4.01. The normalized spacial score (nSPS) is 15.4. The van der Waals surface area contributed by atoms with E-state index in [1.807, 2.05) is 30.3 Å². The average Bonchev–Trinajstić information content (AvgIpc) is 3.03. The molecule has 2 aromatic carbocycles. The molecule has 2 aromatic rings. The van der Waals surface area contributed by atoms with Crippen molar-refractivity contribution in [2.45, 2.75) is 38.0 Å². The van der Waals surface area contributed by atoms with Crippen molar-refractivity contribution in [3.8, 4) is 0 Å². The van der Waals surface area contributed by atoms with Crippen molar-refractivity contribution in [3.05, 3.63) is 54.1 Å². The third kappa shape index (κ3) is 4.73. The molecule has 98 valence electrons. The molecule has 1 aliphatic carbocycles. The molecule has 18 heavy (non-hydrogen) atoms. The van der Waals surface area contributed by atoms with Gasteiger partial charge in [-0.2, -0.15) is 35.9 Å². The summed E-state index contributed by atoms with van der Waals surface area (Å²) in [5.41, 5.74) is 1.58. The summed E-state index contributed by atoms with van der Waals surface area (Å²) in [5.74, 6) is 0.862. The van der Waals surface area contributed by atoms with E-state index in [-0.39, 0.29) is 17.1 Å². The van der Waals surface area contributed by atoms with Crippen LogP contribution in [-0.4, -0.2) is 0 Å². The summed E-state index contributed by atoms with van der Waals surface area (Å²) in [4.78, 5) is 0. The molecule has 3 rings (SSSR count). The fraction of sp³-hybridized carbons (Fsp3) is 0.375. The van der Waals surface area contributed by atoms with E-state index in [0.717, 1.165) is 5.92 Å². The van der Waals surface area contributed by atoms with Gasteiger partial charge in [0.1, 0.15) is 0 Å². The summed E-state index contributed by atoms with van der Waals surface area (Å²) in [5, 5.41) is 1.42. The monoisotopic (exact) mass is 300 g/mol. The van der Waals surface area contributed by atoms with Crippen molar-refractivity contribution in [3.63, 3.8) is 0 Å². The number of rotatable bonds is 1. The van der Waals surface area contributed by atoms with Crippen molar-refractivity contribution in [1.82, 2.24) is 0 Å². The van der Waals surface area contributed by atoms with E-state index >= 15 is 0 Å². The van der Waals surface area contributed by atoms with E-state index < -0.39 is 0 Å². The van der Waals surface area contributed by atoms with Gasteiger partial charge in [-0.25, -0.2) is 18.2 Å². The smallest absolute Gasteiger partial charge is 0.214 e. The summed E-state index contributed by atoms with van der Waals surface area (Å²) in [6, 6.07) is 16.7. The number of hydrogen-bond donors (Lipinski definition) is 0. The van der Waals surface area contributed by atoms with Crippen LogP contribution in [0.4, 0.5) is 0 Å². The second kappa shape index (κ2) is 8.70. The molecule has 0 aromatic heterocycles. The summed E-state index contributed by atoms with van der Waals surface area (Å²) in [6.45, 7) is 0. The van der Waals surface area contributed by atoms with Gasteiger partial charge in [-0.15, -0.1) is 14.5 Å². The van der Waals surface area contributed by atoms with Crippen LogP contribution in [0.25, 0.3) is 0 Å². The molecule has 0 N–H and O–H groups in total. The molecule has 0 spiro atoms. The molecule has 0 aliphatic heterocycles. The molecule has 1 aliphatic rings. The fourth-order valence-corrected chi connectivity index (χ4v) is 3.00. The summed E-state index contributed by atoms with van der Waals surface area (Å²) < 4.78 is 0. The van der Waals surface area contributed by atoms with Crippen LogP contribution in [0.15, 0.2) is 48.5 Å². The Hall–Kier alpha value is -0.351. The predicted octanol–water partition coefficient (Wildman–Crippen LogP) is 4.36. The zero-order chi connectivity index (χ0) is 11.9. The summed E-state index contributed by atoms with van der Waals surface area (Å²) in [6.07, 6.45) is 7.13. The first-order valence-electron chi connectivity index (χ1n) is 6.55. The second-order valence-electron chi connectivity index (χ2n) is 4.73. The summed E-state index contributed by atoms with van der Waals surface area (Å²) >= 11 is 0. The van der Waals surface area contributed by atoms with Crippen LogP contribution in [0.2, 0.25) is 0 Å². The van der Waals surface area contributed by atoms with Gasteiger partial charge in [-0.05, 0) is 0 Å². The van der Waals surface area contributed by atoms with Crippen molar-refractivity contribution >= 4 is 14.5 Å². The Kier molecular flexibility index (Phi) is 7.59. The van der Waals surface area contributed by atoms with E-state index in [0.29, 0.717) is 0 Å². The molecule has 0 amide bonds. The molecular weight excluding hydrogens is 279 g/mol. The van der Waals surface area contributed by atoms with Gasteiger partial charge in [0.05, 0.1) is 0 Å². The van der Waals surface area contributed by atoms with Gasteiger partial charge in [0.25, 0.3) is 0 Å².